The maximum absolute atomic E-state index is 13.8. The molecule has 1 atom stereocenters. The number of aromatic nitrogens is 4. The maximum Gasteiger partial charge on any atom is 0.435 e. The number of esters is 1. The third-order valence-corrected chi connectivity index (χ3v) is 5.10. The molecule has 184 valence electrons. The molecule has 0 amide bonds. The quantitative estimate of drug-likeness (QED) is 0.323. The molecule has 0 saturated heterocycles. The van der Waals surface area contributed by atoms with Crippen molar-refractivity contribution in [1.82, 2.24) is 19.6 Å². The molecule has 12 heteroatoms. The fourth-order valence-corrected chi connectivity index (χ4v) is 3.37. The number of benzene rings is 1. The molecule has 0 radical (unpaired) electrons. The Labute approximate surface area is 193 Å². The summed E-state index contributed by atoms with van der Waals surface area (Å²) in [5.41, 5.74) is -1.51. The summed E-state index contributed by atoms with van der Waals surface area (Å²) in [6.07, 6.45) is -3.37. The monoisotopic (exact) mass is 482 g/mol. The van der Waals surface area contributed by atoms with Crippen molar-refractivity contribution in [2.24, 2.45) is 0 Å². The van der Waals surface area contributed by atoms with Gasteiger partial charge < -0.3 is 14.2 Å². The second kappa shape index (κ2) is 10.7. The summed E-state index contributed by atoms with van der Waals surface area (Å²) in [7, 11) is 1.51. The number of alkyl halides is 3. The Morgan fingerprint density at radius 3 is 2.53 bits per heavy atom. The zero-order valence-electron chi connectivity index (χ0n) is 19.0. The second-order valence-corrected chi connectivity index (χ2v) is 7.50. The predicted molar refractivity (Wildman–Crippen MR) is 116 cm³/mol. The van der Waals surface area contributed by atoms with E-state index < -0.39 is 34.8 Å². The van der Waals surface area contributed by atoms with Gasteiger partial charge in [0, 0.05) is 6.61 Å². The van der Waals surface area contributed by atoms with Gasteiger partial charge in [-0.3, -0.25) is 9.48 Å². The molecule has 0 fully saturated rings. The van der Waals surface area contributed by atoms with Crippen LogP contribution < -0.4 is 10.3 Å². The van der Waals surface area contributed by atoms with E-state index in [-0.39, 0.29) is 38.3 Å². The molecule has 0 N–H and O–H groups in total. The SMILES string of the molecule is CCOC(=O)COCCC(C)n1nc(C(F)(F)F)c2c(=O)n(Cc3ccc(OC)cc3)ncc21. The summed E-state index contributed by atoms with van der Waals surface area (Å²) >= 11 is 0. The van der Waals surface area contributed by atoms with Gasteiger partial charge in [-0.1, -0.05) is 12.1 Å². The zero-order valence-corrected chi connectivity index (χ0v) is 19.0. The average molecular weight is 482 g/mol. The van der Waals surface area contributed by atoms with Crippen molar-refractivity contribution < 1.29 is 32.2 Å². The van der Waals surface area contributed by atoms with Crippen LogP contribution in [0.3, 0.4) is 0 Å². The van der Waals surface area contributed by atoms with Crippen LogP contribution in [0.1, 0.15) is 37.6 Å². The summed E-state index contributed by atoms with van der Waals surface area (Å²) in [5.74, 6) is 0.0843. The third kappa shape index (κ3) is 5.74. The molecule has 2 heterocycles. The normalized spacial score (nSPS) is 12.6. The van der Waals surface area contributed by atoms with Gasteiger partial charge in [-0.25, -0.2) is 9.48 Å². The van der Waals surface area contributed by atoms with E-state index in [4.69, 9.17) is 14.2 Å². The van der Waals surface area contributed by atoms with Crippen molar-refractivity contribution in [1.29, 1.82) is 0 Å². The smallest absolute Gasteiger partial charge is 0.435 e. The van der Waals surface area contributed by atoms with Crippen molar-refractivity contribution >= 4 is 16.9 Å². The van der Waals surface area contributed by atoms with E-state index in [1.807, 2.05) is 0 Å². The topological polar surface area (TPSA) is 97.5 Å². The molecule has 0 saturated carbocycles. The minimum atomic E-state index is -4.83. The molecule has 0 spiro atoms. The first kappa shape index (κ1) is 25.2. The van der Waals surface area contributed by atoms with E-state index >= 15 is 0 Å². The Kier molecular flexibility index (Phi) is 7.92. The van der Waals surface area contributed by atoms with Gasteiger partial charge in [0.05, 0.1) is 38.0 Å². The molecule has 0 aliphatic heterocycles. The molecule has 1 aromatic carbocycles. The first-order valence-corrected chi connectivity index (χ1v) is 10.6. The van der Waals surface area contributed by atoms with Gasteiger partial charge in [-0.15, -0.1) is 0 Å². The van der Waals surface area contributed by atoms with Crippen LogP contribution in [-0.2, 0) is 27.0 Å². The van der Waals surface area contributed by atoms with Crippen LogP contribution in [0.4, 0.5) is 13.2 Å². The van der Waals surface area contributed by atoms with E-state index in [1.54, 1.807) is 38.1 Å². The van der Waals surface area contributed by atoms with Gasteiger partial charge in [0.15, 0.2) is 5.69 Å². The predicted octanol–water partition coefficient (Wildman–Crippen LogP) is 3.20. The van der Waals surface area contributed by atoms with Gasteiger partial charge >= 0.3 is 12.1 Å². The highest BCUT2D eigenvalue weighted by molar-refractivity contribution is 5.80. The molecular formula is C22H25F3N4O5. The fourth-order valence-electron chi connectivity index (χ4n) is 3.37. The highest BCUT2D eigenvalue weighted by atomic mass is 19.4. The largest absolute Gasteiger partial charge is 0.497 e. The lowest BCUT2D eigenvalue weighted by molar-refractivity contribution is -0.148. The van der Waals surface area contributed by atoms with Crippen molar-refractivity contribution in [3.63, 3.8) is 0 Å². The van der Waals surface area contributed by atoms with Gasteiger partial charge in [0.1, 0.15) is 17.7 Å². The summed E-state index contributed by atoms with van der Waals surface area (Å²) in [5, 5.41) is 7.24. The van der Waals surface area contributed by atoms with Crippen LogP contribution in [0.25, 0.3) is 10.9 Å². The van der Waals surface area contributed by atoms with Crippen LogP contribution in [0, 0.1) is 0 Å². The maximum atomic E-state index is 13.8. The first-order valence-electron chi connectivity index (χ1n) is 10.6. The molecule has 2 aromatic heterocycles. The number of hydrogen-bond donors (Lipinski definition) is 0. The number of carbonyl (C=O) groups excluding carboxylic acids is 1. The number of ether oxygens (including phenoxy) is 3. The molecule has 0 aliphatic carbocycles. The molecule has 1 unspecified atom stereocenters. The Morgan fingerprint density at radius 1 is 1.21 bits per heavy atom. The van der Waals surface area contributed by atoms with E-state index in [0.29, 0.717) is 11.3 Å². The lowest BCUT2D eigenvalue weighted by Gasteiger charge is -2.14. The molecule has 0 bridgehead atoms. The van der Waals surface area contributed by atoms with E-state index in [0.717, 1.165) is 9.36 Å². The molecule has 0 aliphatic rings. The zero-order chi connectivity index (χ0) is 24.9. The second-order valence-electron chi connectivity index (χ2n) is 7.50. The number of rotatable bonds is 10. The van der Waals surface area contributed by atoms with E-state index in [1.165, 1.54) is 13.3 Å². The number of nitrogens with zero attached hydrogens (tertiary/aromatic N) is 4. The van der Waals surface area contributed by atoms with Gasteiger partial charge in [0.2, 0.25) is 0 Å². The highest BCUT2D eigenvalue weighted by Crippen LogP contribution is 2.33. The van der Waals surface area contributed by atoms with Crippen LogP contribution in [0.5, 0.6) is 5.75 Å². The Hall–Kier alpha value is -3.41. The van der Waals surface area contributed by atoms with Gasteiger partial charge in [-0.05, 0) is 38.0 Å². The minimum Gasteiger partial charge on any atom is -0.497 e. The highest BCUT2D eigenvalue weighted by Gasteiger charge is 2.39. The minimum absolute atomic E-state index is 0.0154. The molecule has 3 aromatic rings. The number of fused-ring (bicyclic) bond motifs is 1. The average Bonchev–Trinajstić information content (AvgIpc) is 3.20. The van der Waals surface area contributed by atoms with Crippen LogP contribution in [-0.4, -0.2) is 52.5 Å². The number of hydrogen-bond acceptors (Lipinski definition) is 7. The first-order chi connectivity index (χ1) is 16.2. The van der Waals surface area contributed by atoms with Crippen LogP contribution in [0.15, 0.2) is 35.3 Å². The molecular weight excluding hydrogens is 457 g/mol. The summed E-state index contributed by atoms with van der Waals surface area (Å²) < 4.78 is 58.4. The standard InChI is InChI=1S/C22H25F3N4O5/c1-4-34-18(30)13-33-10-9-14(2)29-17-11-26-28(12-15-5-7-16(32-3)8-6-15)21(31)19(17)20(27-29)22(23,24)25/h5-8,11,14H,4,9-10,12-13H2,1-3H3. The van der Waals surface area contributed by atoms with Crippen molar-refractivity contribution in [3.05, 3.63) is 52.1 Å². The van der Waals surface area contributed by atoms with Crippen molar-refractivity contribution in [2.75, 3.05) is 26.9 Å². The molecule has 3 rings (SSSR count). The lowest BCUT2D eigenvalue weighted by atomic mass is 10.2. The number of methoxy groups -OCH3 is 1. The van der Waals surface area contributed by atoms with Crippen molar-refractivity contribution in [2.45, 2.75) is 39.0 Å². The third-order valence-electron chi connectivity index (χ3n) is 5.10. The summed E-state index contributed by atoms with van der Waals surface area (Å²) in [6.45, 7) is 3.35. The summed E-state index contributed by atoms with van der Waals surface area (Å²) in [4.78, 5) is 24.3. The lowest BCUT2D eigenvalue weighted by Crippen LogP contribution is -2.25. The Balaban J connectivity index is 1.88. The van der Waals surface area contributed by atoms with Gasteiger partial charge in [0.25, 0.3) is 5.56 Å². The molecule has 34 heavy (non-hydrogen) atoms. The Bertz CT molecular complexity index is 1190. The number of halogens is 3. The van der Waals surface area contributed by atoms with Crippen molar-refractivity contribution in [3.8, 4) is 5.75 Å². The number of carbonyl (C=O) groups is 1. The van der Waals surface area contributed by atoms with Crippen LogP contribution in [0.2, 0.25) is 0 Å². The van der Waals surface area contributed by atoms with Gasteiger partial charge in [-0.2, -0.15) is 23.4 Å². The molecule has 9 nitrogen and oxygen atoms in total. The van der Waals surface area contributed by atoms with Crippen LogP contribution >= 0.6 is 0 Å². The van der Waals surface area contributed by atoms with E-state index in [9.17, 15) is 22.8 Å². The van der Waals surface area contributed by atoms with E-state index in [2.05, 4.69) is 10.2 Å². The fraction of sp³-hybridized carbons (Fsp3) is 0.455. The summed E-state index contributed by atoms with van der Waals surface area (Å²) in [6, 6.07) is 6.21. The Morgan fingerprint density at radius 2 is 1.91 bits per heavy atom.